The van der Waals surface area contributed by atoms with Gasteiger partial charge in [-0.15, -0.1) is 0 Å². The highest BCUT2D eigenvalue weighted by Crippen LogP contribution is 2.31. The van der Waals surface area contributed by atoms with E-state index in [1.54, 1.807) is 18.2 Å². The van der Waals surface area contributed by atoms with Gasteiger partial charge in [-0.05, 0) is 30.9 Å². The van der Waals surface area contributed by atoms with E-state index in [2.05, 4.69) is 4.74 Å². The highest BCUT2D eigenvalue weighted by atomic mass is 16.5. The van der Waals surface area contributed by atoms with E-state index >= 15 is 0 Å². The van der Waals surface area contributed by atoms with Crippen LogP contribution in [0.5, 0.6) is 5.75 Å². The molecule has 1 aliphatic carbocycles. The molecule has 0 saturated heterocycles. The van der Waals surface area contributed by atoms with E-state index in [1.165, 1.54) is 20.0 Å². The first kappa shape index (κ1) is 10.8. The number of hydrogen-bond donors (Lipinski definition) is 1. The quantitative estimate of drug-likeness (QED) is 0.622. The molecule has 1 aromatic carbocycles. The van der Waals surface area contributed by atoms with Crippen LogP contribution in [0.25, 0.3) is 0 Å². The van der Waals surface area contributed by atoms with Gasteiger partial charge >= 0.3 is 5.97 Å². The molecule has 16 heavy (non-hydrogen) atoms. The molecule has 1 aromatic rings. The molecule has 0 heterocycles. The summed E-state index contributed by atoms with van der Waals surface area (Å²) in [7, 11) is 1.33. The third-order valence-corrected chi connectivity index (χ3v) is 2.62. The van der Waals surface area contributed by atoms with E-state index in [1.807, 2.05) is 0 Å². The van der Waals surface area contributed by atoms with Gasteiger partial charge in [0, 0.05) is 5.69 Å². The first-order valence-corrected chi connectivity index (χ1v) is 5.32. The van der Waals surface area contributed by atoms with Crippen LogP contribution in [-0.4, -0.2) is 19.7 Å². The maximum Gasteiger partial charge on any atom is 0.343 e. The van der Waals surface area contributed by atoms with Gasteiger partial charge in [-0.3, -0.25) is 0 Å². The third-order valence-electron chi connectivity index (χ3n) is 2.62. The fourth-order valence-corrected chi connectivity index (χ4v) is 1.48. The van der Waals surface area contributed by atoms with Gasteiger partial charge in [-0.25, -0.2) is 4.79 Å². The number of rotatable bonds is 4. The number of nitrogens with two attached hydrogens (primary N) is 1. The van der Waals surface area contributed by atoms with Crippen LogP contribution in [-0.2, 0) is 4.74 Å². The summed E-state index contributed by atoms with van der Waals surface area (Å²) >= 11 is 0. The van der Waals surface area contributed by atoms with Crippen molar-refractivity contribution < 1.29 is 14.3 Å². The Hall–Kier alpha value is -1.71. The topological polar surface area (TPSA) is 61.5 Å². The van der Waals surface area contributed by atoms with Crippen LogP contribution >= 0.6 is 0 Å². The van der Waals surface area contributed by atoms with Crippen molar-refractivity contribution in [2.24, 2.45) is 5.92 Å². The maximum atomic E-state index is 11.5. The average Bonchev–Trinajstić information content (AvgIpc) is 3.09. The van der Waals surface area contributed by atoms with Gasteiger partial charge in [0.05, 0.1) is 13.7 Å². The van der Waals surface area contributed by atoms with Crippen LogP contribution in [0, 0.1) is 5.92 Å². The summed E-state index contributed by atoms with van der Waals surface area (Å²) in [6.45, 7) is 0.646. The van der Waals surface area contributed by atoms with Crippen molar-refractivity contribution >= 4 is 11.7 Å². The molecule has 1 aliphatic rings. The number of esters is 1. The minimum absolute atomic E-state index is 0.325. The van der Waals surface area contributed by atoms with Crippen LogP contribution in [0.3, 0.4) is 0 Å². The second kappa shape index (κ2) is 4.43. The van der Waals surface area contributed by atoms with Crippen LogP contribution in [0.2, 0.25) is 0 Å². The highest BCUT2D eigenvalue weighted by Gasteiger charge is 2.23. The number of nitrogen functional groups attached to an aromatic ring is 1. The van der Waals surface area contributed by atoms with E-state index in [-0.39, 0.29) is 0 Å². The Labute approximate surface area is 94.3 Å². The van der Waals surface area contributed by atoms with Crippen LogP contribution < -0.4 is 10.5 Å². The zero-order valence-electron chi connectivity index (χ0n) is 9.23. The molecule has 0 aliphatic heterocycles. The molecule has 1 fully saturated rings. The van der Waals surface area contributed by atoms with E-state index in [4.69, 9.17) is 10.5 Å². The van der Waals surface area contributed by atoms with E-state index in [0.717, 1.165) is 0 Å². The van der Waals surface area contributed by atoms with Crippen molar-refractivity contribution in [3.05, 3.63) is 23.8 Å². The Morgan fingerprint density at radius 1 is 1.50 bits per heavy atom. The summed E-state index contributed by atoms with van der Waals surface area (Å²) in [6.07, 6.45) is 2.41. The average molecular weight is 221 g/mol. The SMILES string of the molecule is COC(=O)c1c(N)cccc1OCC1CC1. The number of hydrogen-bond acceptors (Lipinski definition) is 4. The lowest BCUT2D eigenvalue weighted by Crippen LogP contribution is -2.10. The highest BCUT2D eigenvalue weighted by molar-refractivity contribution is 5.98. The van der Waals surface area contributed by atoms with Crippen LogP contribution in [0.4, 0.5) is 5.69 Å². The first-order valence-electron chi connectivity index (χ1n) is 5.32. The van der Waals surface area contributed by atoms with Crippen molar-refractivity contribution in [1.29, 1.82) is 0 Å². The van der Waals surface area contributed by atoms with Gasteiger partial charge in [0.2, 0.25) is 0 Å². The van der Waals surface area contributed by atoms with Crippen molar-refractivity contribution in [2.45, 2.75) is 12.8 Å². The molecular weight excluding hydrogens is 206 g/mol. The lowest BCUT2D eigenvalue weighted by Gasteiger charge is -2.11. The monoisotopic (exact) mass is 221 g/mol. The molecule has 0 unspecified atom stereocenters. The van der Waals surface area contributed by atoms with Gasteiger partial charge in [-0.2, -0.15) is 0 Å². The fourth-order valence-electron chi connectivity index (χ4n) is 1.48. The minimum atomic E-state index is -0.455. The number of methoxy groups -OCH3 is 1. The predicted octanol–water partition coefficient (Wildman–Crippen LogP) is 1.84. The summed E-state index contributed by atoms with van der Waals surface area (Å²) in [5.41, 5.74) is 6.45. The third kappa shape index (κ3) is 2.27. The lowest BCUT2D eigenvalue weighted by atomic mass is 10.1. The maximum absolute atomic E-state index is 11.5. The van der Waals surface area contributed by atoms with Crippen molar-refractivity contribution in [1.82, 2.24) is 0 Å². The van der Waals surface area contributed by atoms with E-state index in [0.29, 0.717) is 29.5 Å². The van der Waals surface area contributed by atoms with Crippen LogP contribution in [0.1, 0.15) is 23.2 Å². The summed E-state index contributed by atoms with van der Waals surface area (Å²) in [5, 5.41) is 0. The van der Waals surface area contributed by atoms with E-state index in [9.17, 15) is 4.79 Å². The second-order valence-corrected chi connectivity index (χ2v) is 3.97. The van der Waals surface area contributed by atoms with Gasteiger partial charge in [0.1, 0.15) is 11.3 Å². The molecule has 0 bridgehead atoms. The minimum Gasteiger partial charge on any atom is -0.492 e. The molecule has 0 radical (unpaired) electrons. The molecule has 4 heteroatoms. The van der Waals surface area contributed by atoms with Gasteiger partial charge in [0.15, 0.2) is 0 Å². The summed E-state index contributed by atoms with van der Waals surface area (Å²) < 4.78 is 10.3. The van der Waals surface area contributed by atoms with Crippen molar-refractivity contribution in [2.75, 3.05) is 19.5 Å². The number of carbonyl (C=O) groups is 1. The number of benzene rings is 1. The largest absolute Gasteiger partial charge is 0.492 e. The van der Waals surface area contributed by atoms with Gasteiger partial charge in [0.25, 0.3) is 0 Å². The number of ether oxygens (including phenoxy) is 2. The normalized spacial score (nSPS) is 14.6. The Morgan fingerprint density at radius 2 is 2.25 bits per heavy atom. The molecule has 86 valence electrons. The Morgan fingerprint density at radius 3 is 2.88 bits per heavy atom. The Bertz CT molecular complexity index is 399. The summed E-state index contributed by atoms with van der Waals surface area (Å²) in [4.78, 5) is 11.5. The predicted molar refractivity (Wildman–Crippen MR) is 60.4 cm³/mol. The molecule has 1 saturated carbocycles. The Balaban J connectivity index is 2.20. The van der Waals surface area contributed by atoms with E-state index < -0.39 is 5.97 Å². The molecule has 2 rings (SSSR count). The van der Waals surface area contributed by atoms with Crippen molar-refractivity contribution in [3.63, 3.8) is 0 Å². The zero-order valence-corrected chi connectivity index (χ0v) is 9.23. The van der Waals surface area contributed by atoms with Gasteiger partial charge < -0.3 is 15.2 Å². The number of anilines is 1. The fraction of sp³-hybridized carbons (Fsp3) is 0.417. The molecule has 0 amide bonds. The summed E-state index contributed by atoms with van der Waals surface area (Å²) in [6, 6.07) is 5.17. The molecule has 0 aromatic heterocycles. The van der Waals surface area contributed by atoms with Crippen LogP contribution in [0.15, 0.2) is 18.2 Å². The standard InChI is InChI=1S/C12H15NO3/c1-15-12(14)11-9(13)3-2-4-10(11)16-7-8-5-6-8/h2-4,8H,5-7,13H2,1H3. The lowest BCUT2D eigenvalue weighted by molar-refractivity contribution is 0.0597. The smallest absolute Gasteiger partial charge is 0.343 e. The molecule has 0 spiro atoms. The molecule has 4 nitrogen and oxygen atoms in total. The zero-order chi connectivity index (χ0) is 11.5. The number of carbonyl (C=O) groups excluding carboxylic acids is 1. The molecular formula is C12H15NO3. The molecule has 2 N–H and O–H groups in total. The first-order chi connectivity index (χ1) is 7.72. The summed E-state index contributed by atoms with van der Waals surface area (Å²) in [5.74, 6) is 0.689. The van der Waals surface area contributed by atoms with Crippen molar-refractivity contribution in [3.8, 4) is 5.75 Å². The molecule has 0 atom stereocenters. The Kier molecular flexibility index (Phi) is 2.99. The van der Waals surface area contributed by atoms with Gasteiger partial charge in [-0.1, -0.05) is 6.07 Å². The second-order valence-electron chi connectivity index (χ2n) is 3.97.